The van der Waals surface area contributed by atoms with Gasteiger partial charge in [0.1, 0.15) is 0 Å². The molecule has 0 saturated carbocycles. The van der Waals surface area contributed by atoms with E-state index < -0.39 is 24.1 Å². The van der Waals surface area contributed by atoms with Crippen LogP contribution in [0.25, 0.3) is 0 Å². The van der Waals surface area contributed by atoms with Gasteiger partial charge in [-0.15, -0.1) is 0 Å². The second-order valence-electron chi connectivity index (χ2n) is 5.84. The van der Waals surface area contributed by atoms with Gasteiger partial charge in [0.15, 0.2) is 0 Å². The molecular formula is C14H25F3N2O2. The molecule has 0 atom stereocenters. The van der Waals surface area contributed by atoms with Gasteiger partial charge in [-0.1, -0.05) is 13.8 Å². The maximum absolute atomic E-state index is 12.3. The molecule has 1 aliphatic heterocycles. The minimum absolute atomic E-state index is 0.103. The van der Waals surface area contributed by atoms with Gasteiger partial charge in [0.25, 0.3) is 0 Å². The molecule has 1 fully saturated rings. The quantitative estimate of drug-likeness (QED) is 0.758. The molecule has 0 unspecified atom stereocenters. The molecule has 2 N–H and O–H groups in total. The van der Waals surface area contributed by atoms with Crippen LogP contribution >= 0.6 is 0 Å². The summed E-state index contributed by atoms with van der Waals surface area (Å²) >= 11 is 0. The van der Waals surface area contributed by atoms with Gasteiger partial charge in [0, 0.05) is 12.6 Å². The summed E-state index contributed by atoms with van der Waals surface area (Å²) in [5.74, 6) is -0.811. The van der Waals surface area contributed by atoms with Gasteiger partial charge in [-0.05, 0) is 38.8 Å². The van der Waals surface area contributed by atoms with Gasteiger partial charge in [-0.25, -0.2) is 0 Å². The molecule has 124 valence electrons. The van der Waals surface area contributed by atoms with Gasteiger partial charge in [-0.3, -0.25) is 9.69 Å². The zero-order valence-electron chi connectivity index (χ0n) is 12.7. The summed E-state index contributed by atoms with van der Waals surface area (Å²) in [5.41, 5.74) is -0.775. The highest BCUT2D eigenvalue weighted by atomic mass is 19.4. The summed E-state index contributed by atoms with van der Waals surface area (Å²) in [6.45, 7) is 4.02. The number of carboxylic acids is 1. The van der Waals surface area contributed by atoms with Crippen LogP contribution in [-0.4, -0.2) is 54.4 Å². The second kappa shape index (κ2) is 7.45. The van der Waals surface area contributed by atoms with Crippen LogP contribution in [-0.2, 0) is 4.79 Å². The predicted octanol–water partition coefficient (Wildman–Crippen LogP) is 2.49. The Hall–Kier alpha value is -0.820. The van der Waals surface area contributed by atoms with E-state index in [1.807, 2.05) is 13.8 Å². The molecule has 1 saturated heterocycles. The van der Waals surface area contributed by atoms with E-state index in [0.29, 0.717) is 45.3 Å². The van der Waals surface area contributed by atoms with E-state index in [1.165, 1.54) is 4.90 Å². The Morgan fingerprint density at radius 1 is 1.24 bits per heavy atom. The summed E-state index contributed by atoms with van der Waals surface area (Å²) < 4.78 is 36.9. The number of halogens is 3. The molecule has 0 aromatic heterocycles. The second-order valence-corrected chi connectivity index (χ2v) is 5.84. The molecule has 7 heteroatoms. The van der Waals surface area contributed by atoms with Crippen molar-refractivity contribution in [1.82, 2.24) is 10.2 Å². The number of nitrogens with zero attached hydrogens (tertiary/aromatic N) is 1. The minimum Gasteiger partial charge on any atom is -0.481 e. The number of carbonyl (C=O) groups is 1. The summed E-state index contributed by atoms with van der Waals surface area (Å²) in [6, 6.07) is 0.103. The number of rotatable bonds is 7. The molecule has 0 aromatic rings. The molecule has 21 heavy (non-hydrogen) atoms. The fourth-order valence-corrected chi connectivity index (χ4v) is 2.77. The van der Waals surface area contributed by atoms with Gasteiger partial charge < -0.3 is 10.4 Å². The monoisotopic (exact) mass is 310 g/mol. The highest BCUT2D eigenvalue weighted by Crippen LogP contribution is 2.26. The number of alkyl halides is 3. The molecule has 4 nitrogen and oxygen atoms in total. The third-order valence-electron chi connectivity index (χ3n) is 4.53. The van der Waals surface area contributed by atoms with Crippen molar-refractivity contribution >= 4 is 5.97 Å². The lowest BCUT2D eigenvalue weighted by molar-refractivity contribution is -0.150. The first-order valence-electron chi connectivity index (χ1n) is 7.48. The van der Waals surface area contributed by atoms with Crippen LogP contribution in [0.15, 0.2) is 0 Å². The zero-order valence-corrected chi connectivity index (χ0v) is 12.7. The Bertz CT molecular complexity index is 336. The van der Waals surface area contributed by atoms with E-state index in [-0.39, 0.29) is 6.04 Å². The number of nitrogens with one attached hydrogen (secondary N) is 1. The van der Waals surface area contributed by atoms with Crippen LogP contribution in [0.5, 0.6) is 0 Å². The van der Waals surface area contributed by atoms with Crippen molar-refractivity contribution in [1.29, 1.82) is 0 Å². The highest BCUT2D eigenvalue weighted by molar-refractivity contribution is 5.74. The number of aliphatic carboxylic acids is 1. The Balaban J connectivity index is 2.41. The van der Waals surface area contributed by atoms with Crippen LogP contribution in [0.2, 0.25) is 0 Å². The molecule has 0 aromatic carbocycles. The van der Waals surface area contributed by atoms with Crippen molar-refractivity contribution in [3.8, 4) is 0 Å². The molecular weight excluding hydrogens is 285 g/mol. The van der Waals surface area contributed by atoms with Crippen LogP contribution < -0.4 is 5.32 Å². The Labute approximate surface area is 123 Å². The van der Waals surface area contributed by atoms with Crippen LogP contribution in [0.1, 0.15) is 39.5 Å². The minimum atomic E-state index is -4.15. The third kappa shape index (κ3) is 5.47. The van der Waals surface area contributed by atoms with E-state index in [9.17, 15) is 23.1 Å². The summed E-state index contributed by atoms with van der Waals surface area (Å²) in [6.07, 6.45) is -1.82. The van der Waals surface area contributed by atoms with E-state index in [0.717, 1.165) is 0 Å². The zero-order chi connectivity index (χ0) is 16.1. The van der Waals surface area contributed by atoms with Crippen molar-refractivity contribution in [3.05, 3.63) is 0 Å². The van der Waals surface area contributed by atoms with E-state index in [1.54, 1.807) is 0 Å². The van der Waals surface area contributed by atoms with Crippen molar-refractivity contribution in [2.45, 2.75) is 51.7 Å². The smallest absolute Gasteiger partial charge is 0.401 e. The average molecular weight is 310 g/mol. The number of carboxylic acid groups (broad SMARTS) is 1. The standard InChI is InChI=1S/C14H25F3N2O2/c1-3-13(4-2,12(20)21)9-18-11-5-7-19(8-6-11)10-14(15,16)17/h11,18H,3-10H2,1-2H3,(H,20,21). The normalized spacial score (nSPS) is 18.9. The third-order valence-corrected chi connectivity index (χ3v) is 4.53. The molecule has 0 spiro atoms. The topological polar surface area (TPSA) is 52.6 Å². The van der Waals surface area contributed by atoms with Gasteiger partial charge in [0.2, 0.25) is 0 Å². The molecule has 0 aliphatic carbocycles. The predicted molar refractivity (Wildman–Crippen MR) is 74.2 cm³/mol. The average Bonchev–Trinajstić information content (AvgIpc) is 2.40. The summed E-state index contributed by atoms with van der Waals surface area (Å²) in [7, 11) is 0. The maximum Gasteiger partial charge on any atom is 0.401 e. The first-order chi connectivity index (χ1) is 9.72. The van der Waals surface area contributed by atoms with Crippen LogP contribution in [0.4, 0.5) is 13.2 Å². The fraction of sp³-hybridized carbons (Fsp3) is 0.929. The molecule has 0 radical (unpaired) electrons. The number of likely N-dealkylation sites (tertiary alicyclic amines) is 1. The lowest BCUT2D eigenvalue weighted by atomic mass is 9.82. The van der Waals surface area contributed by atoms with E-state index in [2.05, 4.69) is 5.32 Å². The van der Waals surface area contributed by atoms with Crippen molar-refractivity contribution < 1.29 is 23.1 Å². The fourth-order valence-electron chi connectivity index (χ4n) is 2.77. The van der Waals surface area contributed by atoms with E-state index in [4.69, 9.17) is 0 Å². The highest BCUT2D eigenvalue weighted by Gasteiger charge is 2.36. The maximum atomic E-state index is 12.3. The van der Waals surface area contributed by atoms with Crippen molar-refractivity contribution in [2.75, 3.05) is 26.2 Å². The van der Waals surface area contributed by atoms with Crippen LogP contribution in [0.3, 0.4) is 0 Å². The van der Waals surface area contributed by atoms with E-state index >= 15 is 0 Å². The van der Waals surface area contributed by atoms with Crippen molar-refractivity contribution in [3.63, 3.8) is 0 Å². The largest absolute Gasteiger partial charge is 0.481 e. The number of piperidine rings is 1. The van der Waals surface area contributed by atoms with Gasteiger partial charge in [-0.2, -0.15) is 13.2 Å². The Kier molecular flexibility index (Phi) is 6.46. The summed E-state index contributed by atoms with van der Waals surface area (Å²) in [5, 5.41) is 12.6. The first kappa shape index (κ1) is 18.2. The SMILES string of the molecule is CCC(CC)(CNC1CCN(CC(F)(F)F)CC1)C(=O)O. The first-order valence-corrected chi connectivity index (χ1v) is 7.48. The molecule has 0 bridgehead atoms. The molecule has 1 heterocycles. The number of hydrogen-bond donors (Lipinski definition) is 2. The van der Waals surface area contributed by atoms with Gasteiger partial charge >= 0.3 is 12.1 Å². The van der Waals surface area contributed by atoms with Crippen molar-refractivity contribution in [2.24, 2.45) is 5.41 Å². The number of hydrogen-bond acceptors (Lipinski definition) is 3. The summed E-state index contributed by atoms with van der Waals surface area (Å²) in [4.78, 5) is 12.8. The Morgan fingerprint density at radius 2 is 1.76 bits per heavy atom. The van der Waals surface area contributed by atoms with Crippen LogP contribution in [0, 0.1) is 5.41 Å². The lowest BCUT2D eigenvalue weighted by Gasteiger charge is -2.35. The molecule has 1 aliphatic rings. The Morgan fingerprint density at radius 3 is 2.14 bits per heavy atom. The van der Waals surface area contributed by atoms with Gasteiger partial charge in [0.05, 0.1) is 12.0 Å². The lowest BCUT2D eigenvalue weighted by Crippen LogP contribution is -2.49. The molecule has 1 rings (SSSR count). The molecule has 0 amide bonds.